The van der Waals surface area contributed by atoms with Crippen molar-refractivity contribution in [1.29, 1.82) is 0 Å². The Hall–Kier alpha value is -0.940. The fourth-order valence-electron chi connectivity index (χ4n) is 1.06. The van der Waals surface area contributed by atoms with Crippen molar-refractivity contribution in [1.82, 2.24) is 15.0 Å². The third-order valence-corrected chi connectivity index (χ3v) is 2.10. The molecule has 1 aromatic heterocycles. The van der Waals surface area contributed by atoms with Gasteiger partial charge in [-0.15, -0.1) is 5.10 Å². The molecule has 1 aromatic rings. The molecule has 0 radical (unpaired) electrons. The Balaban J connectivity index is 3.02. The third kappa shape index (κ3) is 1.33. The number of hydrogen-bond acceptors (Lipinski definition) is 4. The molecule has 5 nitrogen and oxygen atoms in total. The number of aryl methyl sites for hydroxylation is 1. The number of rotatable bonds is 3. The second-order valence-electron chi connectivity index (χ2n) is 2.88. The van der Waals surface area contributed by atoms with Crippen LogP contribution in [-0.2, 0) is 17.4 Å². The molecule has 0 saturated carbocycles. The van der Waals surface area contributed by atoms with Crippen LogP contribution in [-0.4, -0.2) is 28.6 Å². The van der Waals surface area contributed by atoms with Crippen LogP contribution in [0.2, 0.25) is 0 Å². The van der Waals surface area contributed by atoms with Crippen LogP contribution in [0.3, 0.4) is 0 Å². The highest BCUT2D eigenvalue weighted by Gasteiger charge is 2.27. The first-order valence-electron chi connectivity index (χ1n) is 3.74. The predicted octanol–water partition coefficient (Wildman–Crippen LogP) is -0.365. The number of ether oxygens (including phenoxy) is 1. The van der Waals surface area contributed by atoms with Crippen molar-refractivity contribution in [3.8, 4) is 0 Å². The molecule has 0 fully saturated rings. The molecular formula is C7H14N4O. The van der Waals surface area contributed by atoms with Gasteiger partial charge in [-0.05, 0) is 6.92 Å². The molecule has 1 heterocycles. The van der Waals surface area contributed by atoms with Crippen molar-refractivity contribution in [2.45, 2.75) is 12.5 Å². The molecule has 0 bridgehead atoms. The van der Waals surface area contributed by atoms with E-state index in [1.54, 1.807) is 18.0 Å². The lowest BCUT2D eigenvalue weighted by Gasteiger charge is -2.25. The molecule has 1 unspecified atom stereocenters. The van der Waals surface area contributed by atoms with Gasteiger partial charge in [-0.2, -0.15) is 0 Å². The van der Waals surface area contributed by atoms with Gasteiger partial charge in [-0.25, -0.2) is 4.68 Å². The SMILES string of the molecule is COC(C)(CN)c1cnnn1C. The fourth-order valence-corrected chi connectivity index (χ4v) is 1.06. The molecule has 1 rings (SSSR count). The highest BCUT2D eigenvalue weighted by Crippen LogP contribution is 2.20. The summed E-state index contributed by atoms with van der Waals surface area (Å²) in [6.07, 6.45) is 1.66. The summed E-state index contributed by atoms with van der Waals surface area (Å²) >= 11 is 0. The Bertz CT molecular complexity index is 254. The van der Waals surface area contributed by atoms with Gasteiger partial charge in [0.05, 0.1) is 11.9 Å². The van der Waals surface area contributed by atoms with Crippen molar-refractivity contribution in [2.24, 2.45) is 12.8 Å². The molecule has 0 aliphatic rings. The molecule has 0 aliphatic heterocycles. The molecule has 2 N–H and O–H groups in total. The summed E-state index contributed by atoms with van der Waals surface area (Å²) in [4.78, 5) is 0. The van der Waals surface area contributed by atoms with E-state index in [1.165, 1.54) is 0 Å². The largest absolute Gasteiger partial charge is 0.371 e. The summed E-state index contributed by atoms with van der Waals surface area (Å²) < 4.78 is 6.95. The summed E-state index contributed by atoms with van der Waals surface area (Å²) in [6.45, 7) is 2.32. The van der Waals surface area contributed by atoms with Gasteiger partial charge < -0.3 is 10.5 Å². The van der Waals surface area contributed by atoms with Crippen molar-refractivity contribution in [3.63, 3.8) is 0 Å². The first kappa shape index (κ1) is 9.15. The molecular weight excluding hydrogens is 156 g/mol. The molecule has 5 heteroatoms. The van der Waals surface area contributed by atoms with Gasteiger partial charge in [-0.1, -0.05) is 5.21 Å². The number of hydrogen-bond donors (Lipinski definition) is 1. The van der Waals surface area contributed by atoms with Crippen LogP contribution in [0.15, 0.2) is 6.20 Å². The minimum absolute atomic E-state index is 0.407. The molecule has 1 atom stereocenters. The van der Waals surface area contributed by atoms with Crippen LogP contribution in [0, 0.1) is 0 Å². The minimum Gasteiger partial charge on any atom is -0.371 e. The van der Waals surface area contributed by atoms with E-state index in [2.05, 4.69) is 10.3 Å². The topological polar surface area (TPSA) is 66.0 Å². The standard InChI is InChI=1S/C7H14N4O/c1-7(5-8,12-3)6-4-9-10-11(6)2/h4H,5,8H2,1-3H3. The van der Waals surface area contributed by atoms with Crippen LogP contribution in [0.25, 0.3) is 0 Å². The zero-order valence-electron chi connectivity index (χ0n) is 7.61. The normalized spacial score (nSPS) is 16.0. The maximum atomic E-state index is 5.58. The fraction of sp³-hybridized carbons (Fsp3) is 0.714. The van der Waals surface area contributed by atoms with Crippen molar-refractivity contribution in [3.05, 3.63) is 11.9 Å². The van der Waals surface area contributed by atoms with Crippen LogP contribution in [0.1, 0.15) is 12.6 Å². The average molecular weight is 170 g/mol. The van der Waals surface area contributed by atoms with E-state index < -0.39 is 5.60 Å². The average Bonchev–Trinajstić information content (AvgIpc) is 2.51. The van der Waals surface area contributed by atoms with Gasteiger partial charge in [0.25, 0.3) is 0 Å². The van der Waals surface area contributed by atoms with E-state index in [0.717, 1.165) is 5.69 Å². The summed E-state index contributed by atoms with van der Waals surface area (Å²) in [5, 5.41) is 7.57. The van der Waals surface area contributed by atoms with Crippen LogP contribution < -0.4 is 5.73 Å². The molecule has 68 valence electrons. The molecule has 0 aromatic carbocycles. The van der Waals surface area contributed by atoms with Gasteiger partial charge in [0.1, 0.15) is 5.60 Å². The Kier molecular flexibility index (Phi) is 2.44. The second kappa shape index (κ2) is 3.20. The first-order valence-corrected chi connectivity index (χ1v) is 3.74. The van der Waals surface area contributed by atoms with E-state index in [0.29, 0.717) is 6.54 Å². The smallest absolute Gasteiger partial charge is 0.120 e. The van der Waals surface area contributed by atoms with Crippen molar-refractivity contribution >= 4 is 0 Å². The van der Waals surface area contributed by atoms with E-state index in [1.807, 2.05) is 14.0 Å². The van der Waals surface area contributed by atoms with E-state index in [9.17, 15) is 0 Å². The Labute approximate surface area is 71.5 Å². The van der Waals surface area contributed by atoms with Gasteiger partial charge in [0, 0.05) is 20.7 Å². The highest BCUT2D eigenvalue weighted by atomic mass is 16.5. The lowest BCUT2D eigenvalue weighted by Crippen LogP contribution is -2.35. The first-order chi connectivity index (χ1) is 5.64. The number of nitrogens with zero attached hydrogens (tertiary/aromatic N) is 3. The van der Waals surface area contributed by atoms with E-state index in [-0.39, 0.29) is 0 Å². The summed E-state index contributed by atoms with van der Waals surface area (Å²) in [6, 6.07) is 0. The van der Waals surface area contributed by atoms with Gasteiger partial charge in [0.2, 0.25) is 0 Å². The van der Waals surface area contributed by atoms with Crippen molar-refractivity contribution in [2.75, 3.05) is 13.7 Å². The monoisotopic (exact) mass is 170 g/mol. The van der Waals surface area contributed by atoms with E-state index >= 15 is 0 Å². The number of nitrogens with two attached hydrogens (primary N) is 1. The highest BCUT2D eigenvalue weighted by molar-refractivity contribution is 5.07. The quantitative estimate of drug-likeness (QED) is 0.672. The maximum absolute atomic E-state index is 5.58. The van der Waals surface area contributed by atoms with Gasteiger partial charge >= 0.3 is 0 Å². The van der Waals surface area contributed by atoms with Crippen LogP contribution in [0.4, 0.5) is 0 Å². The zero-order valence-corrected chi connectivity index (χ0v) is 7.61. The number of aromatic nitrogens is 3. The lowest BCUT2D eigenvalue weighted by atomic mass is 10.0. The van der Waals surface area contributed by atoms with Crippen LogP contribution >= 0.6 is 0 Å². The number of methoxy groups -OCH3 is 1. The van der Waals surface area contributed by atoms with Crippen LogP contribution in [0.5, 0.6) is 0 Å². The lowest BCUT2D eigenvalue weighted by molar-refractivity contribution is 0.00332. The maximum Gasteiger partial charge on any atom is 0.120 e. The molecule has 12 heavy (non-hydrogen) atoms. The molecule has 0 aliphatic carbocycles. The van der Waals surface area contributed by atoms with Gasteiger partial charge in [-0.3, -0.25) is 0 Å². The van der Waals surface area contributed by atoms with Crippen molar-refractivity contribution < 1.29 is 4.74 Å². The Morgan fingerprint density at radius 1 is 1.75 bits per heavy atom. The second-order valence-corrected chi connectivity index (χ2v) is 2.88. The molecule has 0 saturated heterocycles. The minimum atomic E-state index is -0.488. The third-order valence-electron chi connectivity index (χ3n) is 2.10. The Morgan fingerprint density at radius 3 is 2.75 bits per heavy atom. The zero-order chi connectivity index (χ0) is 9.19. The predicted molar refractivity (Wildman–Crippen MR) is 44.4 cm³/mol. The summed E-state index contributed by atoms with van der Waals surface area (Å²) in [7, 11) is 3.44. The molecule has 0 spiro atoms. The molecule has 0 amide bonds. The van der Waals surface area contributed by atoms with E-state index in [4.69, 9.17) is 10.5 Å². The summed E-state index contributed by atoms with van der Waals surface area (Å²) in [5.74, 6) is 0. The Morgan fingerprint density at radius 2 is 2.42 bits per heavy atom. The summed E-state index contributed by atoms with van der Waals surface area (Å²) in [5.41, 5.74) is 5.98. The van der Waals surface area contributed by atoms with Gasteiger partial charge in [0.15, 0.2) is 0 Å².